The Balaban J connectivity index is 1.61. The van der Waals surface area contributed by atoms with Gasteiger partial charge >= 0.3 is 0 Å². The molecular weight excluding hydrogens is 394 g/mol. The van der Waals surface area contributed by atoms with Crippen LogP contribution in [-0.2, 0) is 0 Å². The van der Waals surface area contributed by atoms with Crippen molar-refractivity contribution in [1.29, 1.82) is 0 Å². The first kappa shape index (κ1) is 18.5. The summed E-state index contributed by atoms with van der Waals surface area (Å²) in [6, 6.07) is 13.5. The van der Waals surface area contributed by atoms with Gasteiger partial charge in [0.05, 0.1) is 18.9 Å². The van der Waals surface area contributed by atoms with Crippen molar-refractivity contribution >= 4 is 33.7 Å². The van der Waals surface area contributed by atoms with E-state index in [1.54, 1.807) is 18.3 Å². The maximum Gasteiger partial charge on any atom is 0.275 e. The molecule has 1 amide bonds. The third kappa shape index (κ3) is 4.64. The van der Waals surface area contributed by atoms with Gasteiger partial charge in [-0.1, -0.05) is 28.1 Å². The first-order valence-electron chi connectivity index (χ1n) is 8.69. The second-order valence-electron chi connectivity index (χ2n) is 6.18. The number of nitrogens with one attached hydrogen (secondary N) is 1. The molecule has 2 aromatic carbocycles. The Hall–Kier alpha value is -2.34. The molecule has 3 rings (SSSR count). The lowest BCUT2D eigenvalue weighted by Crippen LogP contribution is -2.29. The number of nitrogens with zero attached hydrogens (tertiary/aromatic N) is 2. The Morgan fingerprint density at radius 1 is 1.15 bits per heavy atom. The Kier molecular flexibility index (Phi) is 6.28. The van der Waals surface area contributed by atoms with E-state index in [0.717, 1.165) is 23.1 Å². The van der Waals surface area contributed by atoms with Crippen molar-refractivity contribution in [2.45, 2.75) is 19.3 Å². The van der Waals surface area contributed by atoms with Crippen molar-refractivity contribution in [2.75, 3.05) is 25.1 Å². The van der Waals surface area contributed by atoms with Gasteiger partial charge in [-0.3, -0.25) is 4.79 Å². The molecule has 1 heterocycles. The van der Waals surface area contributed by atoms with Gasteiger partial charge in [0.1, 0.15) is 5.75 Å². The Morgan fingerprint density at radius 2 is 1.88 bits per heavy atom. The van der Waals surface area contributed by atoms with Crippen LogP contribution in [0.2, 0.25) is 0 Å². The lowest BCUT2D eigenvalue weighted by Gasteiger charge is -2.28. The van der Waals surface area contributed by atoms with E-state index < -0.39 is 0 Å². The number of amides is 1. The van der Waals surface area contributed by atoms with E-state index >= 15 is 0 Å². The zero-order chi connectivity index (χ0) is 18.4. The summed E-state index contributed by atoms with van der Waals surface area (Å²) < 4.78 is 6.02. The van der Waals surface area contributed by atoms with Crippen molar-refractivity contribution < 1.29 is 9.53 Å². The smallest absolute Gasteiger partial charge is 0.275 e. The molecule has 0 radical (unpaired) electrons. The summed E-state index contributed by atoms with van der Waals surface area (Å²) in [6.07, 6.45) is 5.48. The van der Waals surface area contributed by atoms with Crippen LogP contribution >= 0.6 is 15.9 Å². The van der Waals surface area contributed by atoms with E-state index in [9.17, 15) is 4.79 Å². The number of carbonyl (C=O) groups is 1. The monoisotopic (exact) mass is 415 g/mol. The molecule has 0 aromatic heterocycles. The summed E-state index contributed by atoms with van der Waals surface area (Å²) in [5, 5.41) is 4.06. The fraction of sp³-hybridized carbons (Fsp3) is 0.300. The number of hydrazone groups is 1. The van der Waals surface area contributed by atoms with Gasteiger partial charge in [-0.25, -0.2) is 5.43 Å². The highest BCUT2D eigenvalue weighted by atomic mass is 79.9. The minimum absolute atomic E-state index is 0.315. The van der Waals surface area contributed by atoms with Crippen molar-refractivity contribution in [3.8, 4) is 5.75 Å². The molecule has 0 bridgehead atoms. The van der Waals surface area contributed by atoms with E-state index in [2.05, 4.69) is 43.5 Å². The number of halogens is 1. The highest BCUT2D eigenvalue weighted by Crippen LogP contribution is 2.23. The molecule has 1 N–H and O–H groups in total. The van der Waals surface area contributed by atoms with Gasteiger partial charge in [-0.15, -0.1) is 0 Å². The number of rotatable bonds is 5. The third-order valence-electron chi connectivity index (χ3n) is 4.40. The number of benzene rings is 2. The highest BCUT2D eigenvalue weighted by molar-refractivity contribution is 9.10. The molecular formula is C20H22BrN3O2. The summed E-state index contributed by atoms with van der Waals surface area (Å²) in [7, 11) is 1.53. The van der Waals surface area contributed by atoms with Crippen LogP contribution in [0.3, 0.4) is 0 Å². The molecule has 1 aliphatic rings. The lowest BCUT2D eigenvalue weighted by atomic mass is 10.1. The fourth-order valence-corrected chi connectivity index (χ4v) is 3.37. The van der Waals surface area contributed by atoms with Crippen LogP contribution < -0.4 is 15.1 Å². The normalized spacial score (nSPS) is 14.5. The summed E-state index contributed by atoms with van der Waals surface area (Å²) >= 11 is 3.36. The number of carbonyl (C=O) groups excluding carboxylic acids is 1. The van der Waals surface area contributed by atoms with Gasteiger partial charge in [0.15, 0.2) is 0 Å². The minimum atomic E-state index is -0.315. The molecule has 1 fully saturated rings. The molecule has 5 nitrogen and oxygen atoms in total. The second kappa shape index (κ2) is 8.85. The van der Waals surface area contributed by atoms with Gasteiger partial charge in [0.2, 0.25) is 0 Å². The summed E-state index contributed by atoms with van der Waals surface area (Å²) in [5.74, 6) is 0.191. The standard InChI is InChI=1S/C20H22BrN3O2/c1-26-19-10-7-16(21)13-18(19)20(25)23-22-14-15-5-8-17(9-6-15)24-11-3-2-4-12-24/h5-10,13-14H,2-4,11-12H2,1H3,(H,23,25)/b22-14-. The van der Waals surface area contributed by atoms with Crippen LogP contribution in [0.25, 0.3) is 0 Å². The maximum absolute atomic E-state index is 12.3. The van der Waals surface area contributed by atoms with E-state index in [-0.39, 0.29) is 5.91 Å². The average molecular weight is 416 g/mol. The Bertz CT molecular complexity index is 784. The van der Waals surface area contributed by atoms with Crippen LogP contribution in [0, 0.1) is 0 Å². The second-order valence-corrected chi connectivity index (χ2v) is 7.10. The first-order valence-corrected chi connectivity index (χ1v) is 9.48. The number of anilines is 1. The number of hydrogen-bond acceptors (Lipinski definition) is 4. The SMILES string of the molecule is COc1ccc(Br)cc1C(=O)N/N=C\c1ccc(N2CCCCC2)cc1. The molecule has 1 aliphatic heterocycles. The lowest BCUT2D eigenvalue weighted by molar-refractivity contribution is 0.0952. The van der Waals surface area contributed by atoms with E-state index in [1.807, 2.05) is 18.2 Å². The molecule has 26 heavy (non-hydrogen) atoms. The van der Waals surface area contributed by atoms with E-state index in [1.165, 1.54) is 32.1 Å². The molecule has 1 saturated heterocycles. The maximum atomic E-state index is 12.3. The predicted octanol–water partition coefficient (Wildman–Crippen LogP) is 4.21. The van der Waals surface area contributed by atoms with Crippen molar-refractivity contribution in [3.05, 3.63) is 58.1 Å². The largest absolute Gasteiger partial charge is 0.496 e. The van der Waals surface area contributed by atoms with Gasteiger partial charge in [0.25, 0.3) is 5.91 Å². The van der Waals surface area contributed by atoms with E-state index in [0.29, 0.717) is 11.3 Å². The Morgan fingerprint density at radius 3 is 2.58 bits per heavy atom. The molecule has 0 unspecified atom stereocenters. The number of ether oxygens (including phenoxy) is 1. The van der Waals surface area contributed by atoms with Crippen LogP contribution in [-0.4, -0.2) is 32.3 Å². The quantitative estimate of drug-likeness (QED) is 0.587. The van der Waals surface area contributed by atoms with Gasteiger partial charge in [0, 0.05) is 23.2 Å². The molecule has 0 saturated carbocycles. The zero-order valence-corrected chi connectivity index (χ0v) is 16.3. The number of piperidine rings is 1. The Labute approximate surface area is 162 Å². The number of hydrogen-bond donors (Lipinski definition) is 1. The van der Waals surface area contributed by atoms with Crippen LogP contribution in [0.1, 0.15) is 35.2 Å². The van der Waals surface area contributed by atoms with Crippen LogP contribution in [0.4, 0.5) is 5.69 Å². The van der Waals surface area contributed by atoms with E-state index in [4.69, 9.17) is 4.74 Å². The van der Waals surface area contributed by atoms with Gasteiger partial charge in [-0.05, 0) is 55.2 Å². The van der Waals surface area contributed by atoms with Gasteiger partial charge < -0.3 is 9.64 Å². The molecule has 2 aromatic rings. The summed E-state index contributed by atoms with van der Waals surface area (Å²) in [6.45, 7) is 2.25. The third-order valence-corrected chi connectivity index (χ3v) is 4.89. The molecule has 136 valence electrons. The summed E-state index contributed by atoms with van der Waals surface area (Å²) in [4.78, 5) is 14.7. The van der Waals surface area contributed by atoms with Crippen LogP contribution in [0.15, 0.2) is 52.0 Å². The molecule has 0 spiro atoms. The topological polar surface area (TPSA) is 53.9 Å². The zero-order valence-electron chi connectivity index (χ0n) is 14.7. The van der Waals surface area contributed by atoms with Crippen molar-refractivity contribution in [2.24, 2.45) is 5.10 Å². The molecule has 0 aliphatic carbocycles. The minimum Gasteiger partial charge on any atom is -0.496 e. The highest BCUT2D eigenvalue weighted by Gasteiger charge is 2.12. The molecule has 0 atom stereocenters. The van der Waals surface area contributed by atoms with Crippen molar-refractivity contribution in [3.63, 3.8) is 0 Å². The van der Waals surface area contributed by atoms with Crippen molar-refractivity contribution in [1.82, 2.24) is 5.43 Å². The summed E-state index contributed by atoms with van der Waals surface area (Å²) in [5.41, 5.74) is 5.15. The first-order chi connectivity index (χ1) is 12.7. The predicted molar refractivity (Wildman–Crippen MR) is 108 cm³/mol. The average Bonchev–Trinajstić information content (AvgIpc) is 2.69. The number of methoxy groups -OCH3 is 1. The van der Waals surface area contributed by atoms with Gasteiger partial charge in [-0.2, -0.15) is 5.10 Å². The fourth-order valence-electron chi connectivity index (χ4n) is 3.01. The van der Waals surface area contributed by atoms with Crippen LogP contribution in [0.5, 0.6) is 5.75 Å². The molecule has 6 heteroatoms.